The first kappa shape index (κ1) is 14.1. The number of hydrogen-bond donors (Lipinski definition) is 1. The average molecular weight is 284 g/mol. The number of rotatable bonds is 3. The van der Waals surface area contributed by atoms with E-state index in [9.17, 15) is 9.90 Å². The van der Waals surface area contributed by atoms with Crippen LogP contribution in [0.25, 0.3) is 10.8 Å². The molecule has 110 valence electrons. The summed E-state index contributed by atoms with van der Waals surface area (Å²) in [6.07, 6.45) is 1.77. The molecule has 3 atom stereocenters. The van der Waals surface area contributed by atoms with E-state index in [1.807, 2.05) is 6.07 Å². The molecule has 1 aliphatic heterocycles. The van der Waals surface area contributed by atoms with Crippen LogP contribution < -0.4 is 0 Å². The molecule has 0 bridgehead atoms. The Balaban J connectivity index is 2.08. The second kappa shape index (κ2) is 5.15. The van der Waals surface area contributed by atoms with Gasteiger partial charge < -0.3 is 9.59 Å². The van der Waals surface area contributed by atoms with Crippen molar-refractivity contribution in [1.29, 1.82) is 0 Å². The van der Waals surface area contributed by atoms with Crippen LogP contribution in [-0.4, -0.2) is 35.2 Å². The van der Waals surface area contributed by atoms with Crippen molar-refractivity contribution in [1.82, 2.24) is 0 Å². The lowest BCUT2D eigenvalue weighted by Gasteiger charge is -2.40. The third-order valence-corrected chi connectivity index (χ3v) is 5.27. The highest BCUT2D eigenvalue weighted by atomic mass is 16.4. The maximum absolute atomic E-state index is 11.6. The van der Waals surface area contributed by atoms with Gasteiger partial charge in [0, 0.05) is 18.4 Å². The first-order valence-corrected chi connectivity index (χ1v) is 7.59. The zero-order valence-electron chi connectivity index (χ0n) is 12.6. The van der Waals surface area contributed by atoms with E-state index in [4.69, 9.17) is 0 Å². The maximum atomic E-state index is 11.6. The van der Waals surface area contributed by atoms with Gasteiger partial charge in [0.25, 0.3) is 0 Å². The molecule has 2 aromatic carbocycles. The number of likely N-dealkylation sites (N-methyl/N-ethyl adjacent to an activating group) is 1. The van der Waals surface area contributed by atoms with Crippen LogP contribution in [0.4, 0.5) is 0 Å². The molecule has 3 rings (SSSR count). The summed E-state index contributed by atoms with van der Waals surface area (Å²) < 4.78 is 0.601. The summed E-state index contributed by atoms with van der Waals surface area (Å²) in [6, 6.07) is 14.6. The Bertz CT molecular complexity index is 676. The molecule has 3 heteroatoms. The highest BCUT2D eigenvalue weighted by Crippen LogP contribution is 2.38. The smallest absolute Gasteiger partial charge is 0.362 e. The van der Waals surface area contributed by atoms with E-state index in [0.29, 0.717) is 4.48 Å². The van der Waals surface area contributed by atoms with Crippen molar-refractivity contribution in [3.8, 4) is 0 Å². The van der Waals surface area contributed by atoms with Crippen LogP contribution in [-0.2, 0) is 4.79 Å². The fourth-order valence-electron chi connectivity index (χ4n) is 3.85. The Labute approximate surface area is 125 Å². The van der Waals surface area contributed by atoms with Gasteiger partial charge in [0.2, 0.25) is 0 Å². The highest BCUT2D eigenvalue weighted by Gasteiger charge is 2.47. The van der Waals surface area contributed by atoms with Gasteiger partial charge in [-0.3, -0.25) is 0 Å². The van der Waals surface area contributed by atoms with Crippen molar-refractivity contribution in [3.05, 3.63) is 48.0 Å². The number of hydrogen-bond acceptors (Lipinski definition) is 1. The molecule has 0 aromatic heterocycles. The molecule has 21 heavy (non-hydrogen) atoms. The summed E-state index contributed by atoms with van der Waals surface area (Å²) in [5.41, 5.74) is 1.25. The van der Waals surface area contributed by atoms with E-state index < -0.39 is 5.97 Å². The van der Waals surface area contributed by atoms with Crippen LogP contribution in [0.15, 0.2) is 42.5 Å². The lowest BCUT2D eigenvalue weighted by molar-refractivity contribution is -0.940. The number of aliphatic carboxylic acids is 1. The molecular weight excluding hydrogens is 262 g/mol. The third-order valence-electron chi connectivity index (χ3n) is 5.27. The first-order valence-electron chi connectivity index (χ1n) is 7.59. The molecule has 1 aliphatic rings. The molecular formula is C18H22NO2+. The van der Waals surface area contributed by atoms with E-state index in [2.05, 4.69) is 50.4 Å². The molecule has 0 spiro atoms. The van der Waals surface area contributed by atoms with Gasteiger partial charge in [-0.15, -0.1) is 0 Å². The minimum Gasteiger partial charge on any atom is -0.477 e. The van der Waals surface area contributed by atoms with Gasteiger partial charge in [-0.05, 0) is 17.7 Å². The van der Waals surface area contributed by atoms with Crippen molar-refractivity contribution in [2.24, 2.45) is 0 Å². The highest BCUT2D eigenvalue weighted by molar-refractivity contribution is 5.86. The standard InChI is InChI=1S/C18H21NO2/c1-13(19(2)12-6-11-17(19)18(20)21)15-10-5-8-14-7-3-4-9-16(14)15/h3-5,7-10,13,17H,6,11-12H2,1-2H3/p+1/t13-,17+,19?/m1/s1. The van der Waals surface area contributed by atoms with Gasteiger partial charge in [0.1, 0.15) is 6.04 Å². The van der Waals surface area contributed by atoms with Crippen molar-refractivity contribution < 1.29 is 14.4 Å². The lowest BCUT2D eigenvalue weighted by Crippen LogP contribution is -2.53. The van der Waals surface area contributed by atoms with Crippen LogP contribution in [0.2, 0.25) is 0 Å². The quantitative estimate of drug-likeness (QED) is 0.874. The fraction of sp³-hybridized carbons (Fsp3) is 0.389. The number of nitrogens with zero attached hydrogens (tertiary/aromatic N) is 1. The van der Waals surface area contributed by atoms with Crippen molar-refractivity contribution in [2.45, 2.75) is 31.8 Å². The summed E-state index contributed by atoms with van der Waals surface area (Å²) in [4.78, 5) is 11.6. The molecule has 0 radical (unpaired) electrons. The van der Waals surface area contributed by atoms with Crippen LogP contribution in [0, 0.1) is 0 Å². The molecule has 0 amide bonds. The number of carboxylic acid groups (broad SMARTS) is 1. The largest absolute Gasteiger partial charge is 0.477 e. The zero-order chi connectivity index (χ0) is 15.0. The van der Waals surface area contributed by atoms with Crippen LogP contribution in [0.3, 0.4) is 0 Å². The molecule has 2 aromatic rings. The number of quaternary nitrogens is 1. The summed E-state index contributed by atoms with van der Waals surface area (Å²) in [5.74, 6) is -0.665. The van der Waals surface area contributed by atoms with Crippen molar-refractivity contribution in [2.75, 3.05) is 13.6 Å². The zero-order valence-corrected chi connectivity index (χ0v) is 12.6. The molecule has 1 N–H and O–H groups in total. The van der Waals surface area contributed by atoms with Gasteiger partial charge in [-0.1, -0.05) is 42.5 Å². The van der Waals surface area contributed by atoms with Crippen LogP contribution in [0.1, 0.15) is 31.4 Å². The molecule has 1 fully saturated rings. The number of likely N-dealkylation sites (tertiary alicyclic amines) is 1. The maximum Gasteiger partial charge on any atom is 0.362 e. The fourth-order valence-corrected chi connectivity index (χ4v) is 3.85. The van der Waals surface area contributed by atoms with Crippen molar-refractivity contribution >= 4 is 16.7 Å². The second-order valence-electron chi connectivity index (χ2n) is 6.31. The second-order valence-corrected chi connectivity index (χ2v) is 6.31. The van der Waals surface area contributed by atoms with Gasteiger partial charge in [-0.25, -0.2) is 4.79 Å². The molecule has 1 saturated heterocycles. The molecule has 1 heterocycles. The third kappa shape index (κ3) is 2.22. The van der Waals surface area contributed by atoms with E-state index in [-0.39, 0.29) is 12.1 Å². The van der Waals surface area contributed by atoms with Gasteiger partial charge in [0.15, 0.2) is 6.04 Å². The van der Waals surface area contributed by atoms with Gasteiger partial charge in [-0.2, -0.15) is 0 Å². The van der Waals surface area contributed by atoms with Gasteiger partial charge >= 0.3 is 5.97 Å². The molecule has 3 nitrogen and oxygen atoms in total. The predicted molar refractivity (Wildman–Crippen MR) is 84.1 cm³/mol. The Morgan fingerprint density at radius 2 is 1.95 bits per heavy atom. The normalized spacial score (nSPS) is 26.9. The average Bonchev–Trinajstić information content (AvgIpc) is 2.89. The minimum absolute atomic E-state index is 0.180. The lowest BCUT2D eigenvalue weighted by atomic mass is 9.96. The molecule has 0 aliphatic carbocycles. The summed E-state index contributed by atoms with van der Waals surface area (Å²) >= 11 is 0. The number of carbonyl (C=O) groups is 1. The van der Waals surface area contributed by atoms with E-state index >= 15 is 0 Å². The van der Waals surface area contributed by atoms with E-state index in [0.717, 1.165) is 19.4 Å². The monoisotopic (exact) mass is 284 g/mol. The minimum atomic E-state index is -0.665. The Kier molecular flexibility index (Phi) is 3.46. The Morgan fingerprint density at radius 3 is 2.71 bits per heavy atom. The predicted octanol–water partition coefficient (Wildman–Crippen LogP) is 3.59. The number of carboxylic acids is 1. The molecule has 0 saturated carbocycles. The SMILES string of the molecule is C[C@H](c1cccc2ccccc12)[N+]1(C)CCC[C@H]1C(=O)O. The van der Waals surface area contributed by atoms with Crippen molar-refractivity contribution in [3.63, 3.8) is 0 Å². The molecule has 1 unspecified atom stereocenters. The first-order chi connectivity index (χ1) is 10.0. The van der Waals surface area contributed by atoms with Crippen LogP contribution >= 0.6 is 0 Å². The van der Waals surface area contributed by atoms with E-state index in [1.54, 1.807) is 0 Å². The Morgan fingerprint density at radius 1 is 1.24 bits per heavy atom. The summed E-state index contributed by atoms with van der Waals surface area (Å²) in [5, 5.41) is 12.0. The van der Waals surface area contributed by atoms with Crippen LogP contribution in [0.5, 0.6) is 0 Å². The number of fused-ring (bicyclic) bond motifs is 1. The van der Waals surface area contributed by atoms with E-state index in [1.165, 1.54) is 16.3 Å². The summed E-state index contributed by atoms with van der Waals surface area (Å²) in [6.45, 7) is 3.10. The van der Waals surface area contributed by atoms with Gasteiger partial charge in [0.05, 0.1) is 13.6 Å². The number of benzene rings is 2. The topological polar surface area (TPSA) is 37.3 Å². The summed E-state index contributed by atoms with van der Waals surface area (Å²) in [7, 11) is 2.10. The Hall–Kier alpha value is -1.87.